The summed E-state index contributed by atoms with van der Waals surface area (Å²) < 4.78 is 5.42. The lowest BCUT2D eigenvalue weighted by Crippen LogP contribution is -2.26. The molecule has 0 fully saturated rings. The van der Waals surface area contributed by atoms with E-state index in [1.807, 2.05) is 24.3 Å². The highest BCUT2D eigenvalue weighted by molar-refractivity contribution is 5.36. The summed E-state index contributed by atoms with van der Waals surface area (Å²) in [6.45, 7) is 6.61. The molecule has 4 heteroatoms. The highest BCUT2D eigenvalue weighted by Gasteiger charge is 2.41. The molecule has 1 aliphatic rings. The van der Waals surface area contributed by atoms with Gasteiger partial charge in [0, 0.05) is 19.3 Å². The molecule has 1 aliphatic carbocycles. The predicted octanol–water partition coefficient (Wildman–Crippen LogP) is 3.94. The van der Waals surface area contributed by atoms with Gasteiger partial charge in [0.2, 0.25) is 0 Å². The van der Waals surface area contributed by atoms with Crippen LogP contribution in [-0.2, 0) is 30.3 Å². The second kappa shape index (κ2) is 6.06. The molecule has 4 rings (SSSR count). The van der Waals surface area contributed by atoms with Crippen molar-refractivity contribution in [1.82, 2.24) is 10.1 Å². The Kier molecular flexibility index (Phi) is 3.96. The molecule has 0 amide bonds. The van der Waals surface area contributed by atoms with Gasteiger partial charge in [0.05, 0.1) is 0 Å². The summed E-state index contributed by atoms with van der Waals surface area (Å²) in [5.74, 6) is 0.919. The highest BCUT2D eigenvalue weighted by Crippen LogP contribution is 2.36. The van der Waals surface area contributed by atoms with Gasteiger partial charge < -0.3 is 9.63 Å². The first-order chi connectivity index (χ1) is 12.3. The Morgan fingerprint density at radius 2 is 1.62 bits per heavy atom. The van der Waals surface area contributed by atoms with Gasteiger partial charge in [0.25, 0.3) is 5.89 Å². The van der Waals surface area contributed by atoms with E-state index in [-0.39, 0.29) is 5.41 Å². The Balaban J connectivity index is 1.51. The van der Waals surface area contributed by atoms with Crippen molar-refractivity contribution in [3.63, 3.8) is 0 Å². The topological polar surface area (TPSA) is 59.2 Å². The van der Waals surface area contributed by atoms with Gasteiger partial charge in [0.15, 0.2) is 11.4 Å². The van der Waals surface area contributed by atoms with Gasteiger partial charge in [-0.25, -0.2) is 0 Å². The highest BCUT2D eigenvalue weighted by atomic mass is 16.5. The number of hydrogen-bond donors (Lipinski definition) is 1. The summed E-state index contributed by atoms with van der Waals surface area (Å²) in [5, 5.41) is 15.1. The molecule has 0 bridgehead atoms. The summed E-state index contributed by atoms with van der Waals surface area (Å²) in [6, 6.07) is 16.6. The van der Waals surface area contributed by atoms with Gasteiger partial charge in [-0.15, -0.1) is 0 Å². The molecule has 4 nitrogen and oxygen atoms in total. The Morgan fingerprint density at radius 1 is 1.00 bits per heavy atom. The van der Waals surface area contributed by atoms with E-state index in [1.165, 1.54) is 5.56 Å². The van der Waals surface area contributed by atoms with E-state index in [0.717, 1.165) is 16.7 Å². The van der Waals surface area contributed by atoms with E-state index in [2.05, 4.69) is 55.2 Å². The molecule has 1 N–H and O–H groups in total. The number of hydrogen-bond acceptors (Lipinski definition) is 4. The molecule has 3 aromatic rings. The van der Waals surface area contributed by atoms with Gasteiger partial charge >= 0.3 is 0 Å². The minimum atomic E-state index is -1.09. The molecule has 0 saturated heterocycles. The van der Waals surface area contributed by atoms with E-state index in [1.54, 1.807) is 0 Å². The average molecular weight is 348 g/mol. The first kappa shape index (κ1) is 17.0. The van der Waals surface area contributed by atoms with Crippen molar-refractivity contribution in [3.05, 3.63) is 82.5 Å². The minimum absolute atomic E-state index is 0.137. The quantitative estimate of drug-likeness (QED) is 0.779. The Hall–Kier alpha value is -2.46. The smallest absolute Gasteiger partial charge is 0.259 e. The predicted molar refractivity (Wildman–Crippen MR) is 100.0 cm³/mol. The largest absolute Gasteiger partial charge is 0.379 e. The number of benzene rings is 2. The van der Waals surface area contributed by atoms with Crippen molar-refractivity contribution in [3.8, 4) is 0 Å². The number of nitrogens with zero attached hydrogens (tertiary/aromatic N) is 2. The second-order valence-electron chi connectivity index (χ2n) is 8.29. The monoisotopic (exact) mass is 348 g/mol. The molecule has 1 heterocycles. The molecule has 0 radical (unpaired) electrons. The summed E-state index contributed by atoms with van der Waals surface area (Å²) in [5.41, 5.74) is 3.77. The molecule has 1 aromatic heterocycles. The molecule has 0 unspecified atom stereocenters. The van der Waals surface area contributed by atoms with Gasteiger partial charge in [-0.2, -0.15) is 4.98 Å². The van der Waals surface area contributed by atoms with Crippen molar-refractivity contribution in [1.29, 1.82) is 0 Å². The van der Waals surface area contributed by atoms with Crippen molar-refractivity contribution >= 4 is 0 Å². The lowest BCUT2D eigenvalue weighted by atomic mass is 9.86. The van der Waals surface area contributed by atoms with Gasteiger partial charge in [-0.05, 0) is 27.7 Å². The number of aromatic nitrogens is 2. The van der Waals surface area contributed by atoms with Crippen molar-refractivity contribution in [2.45, 2.75) is 51.0 Å². The first-order valence-electron chi connectivity index (χ1n) is 9.05. The number of rotatable bonds is 3. The zero-order valence-electron chi connectivity index (χ0n) is 15.5. The van der Waals surface area contributed by atoms with Crippen LogP contribution in [0.4, 0.5) is 0 Å². The number of aliphatic hydroxyl groups is 1. The van der Waals surface area contributed by atoms with E-state index in [0.29, 0.717) is 31.0 Å². The Morgan fingerprint density at radius 3 is 2.19 bits per heavy atom. The van der Waals surface area contributed by atoms with Crippen molar-refractivity contribution in [2.75, 3.05) is 0 Å². The second-order valence-corrected chi connectivity index (χ2v) is 8.29. The van der Waals surface area contributed by atoms with Crippen LogP contribution in [0.5, 0.6) is 0 Å². The third kappa shape index (κ3) is 3.17. The van der Waals surface area contributed by atoms with Crippen LogP contribution in [0.1, 0.15) is 54.7 Å². The molecular weight excluding hydrogens is 324 g/mol. The van der Waals surface area contributed by atoms with Crippen LogP contribution in [0.15, 0.2) is 53.1 Å². The van der Waals surface area contributed by atoms with Crippen LogP contribution in [0.2, 0.25) is 0 Å². The summed E-state index contributed by atoms with van der Waals surface area (Å²) in [7, 11) is 0. The van der Waals surface area contributed by atoms with Crippen LogP contribution in [0.3, 0.4) is 0 Å². The Labute approximate surface area is 153 Å². The van der Waals surface area contributed by atoms with Crippen molar-refractivity contribution < 1.29 is 9.63 Å². The Bertz CT molecular complexity index is 895. The lowest BCUT2D eigenvalue weighted by Gasteiger charge is -2.19. The summed E-state index contributed by atoms with van der Waals surface area (Å²) in [4.78, 5) is 4.49. The third-order valence-corrected chi connectivity index (χ3v) is 5.13. The van der Waals surface area contributed by atoms with Crippen LogP contribution < -0.4 is 0 Å². The fourth-order valence-corrected chi connectivity index (χ4v) is 3.57. The zero-order valence-corrected chi connectivity index (χ0v) is 15.5. The fourth-order valence-electron chi connectivity index (χ4n) is 3.57. The maximum absolute atomic E-state index is 11.0. The summed E-state index contributed by atoms with van der Waals surface area (Å²) >= 11 is 0. The van der Waals surface area contributed by atoms with E-state index in [4.69, 9.17) is 4.52 Å². The number of fused-ring (bicyclic) bond motifs is 1. The maximum Gasteiger partial charge on any atom is 0.259 e. The van der Waals surface area contributed by atoms with Crippen LogP contribution >= 0.6 is 0 Å². The van der Waals surface area contributed by atoms with Gasteiger partial charge in [-0.3, -0.25) is 0 Å². The molecular formula is C22H24N2O2. The lowest BCUT2D eigenvalue weighted by molar-refractivity contribution is 0.0145. The molecule has 0 atom stereocenters. The van der Waals surface area contributed by atoms with Crippen LogP contribution in [0.25, 0.3) is 0 Å². The van der Waals surface area contributed by atoms with E-state index in [9.17, 15) is 5.11 Å². The van der Waals surface area contributed by atoms with E-state index < -0.39 is 5.60 Å². The summed E-state index contributed by atoms with van der Waals surface area (Å²) in [6.07, 6.45) is 1.63. The molecule has 134 valence electrons. The van der Waals surface area contributed by atoms with Gasteiger partial charge in [-0.1, -0.05) is 74.5 Å². The SMILES string of the molecule is CC(C)(C)c1ccc(Cc2noc(C3(O)Cc4ccccc4C3)n2)cc1. The molecule has 0 aliphatic heterocycles. The van der Waals surface area contributed by atoms with Crippen LogP contribution in [0, 0.1) is 0 Å². The van der Waals surface area contributed by atoms with E-state index >= 15 is 0 Å². The normalized spacial score (nSPS) is 15.8. The van der Waals surface area contributed by atoms with Gasteiger partial charge in [0.1, 0.15) is 0 Å². The van der Waals surface area contributed by atoms with Crippen LogP contribution in [-0.4, -0.2) is 15.2 Å². The molecule has 0 saturated carbocycles. The maximum atomic E-state index is 11.0. The zero-order chi connectivity index (χ0) is 18.4. The minimum Gasteiger partial charge on any atom is -0.379 e. The first-order valence-corrected chi connectivity index (χ1v) is 9.05. The molecule has 0 spiro atoms. The molecule has 2 aromatic carbocycles. The average Bonchev–Trinajstić information content (AvgIpc) is 3.19. The van der Waals surface area contributed by atoms with Crippen molar-refractivity contribution in [2.24, 2.45) is 0 Å². The fraction of sp³-hybridized carbons (Fsp3) is 0.364. The molecule has 26 heavy (non-hydrogen) atoms. The standard InChI is InChI=1S/C22H24N2O2/c1-21(2,3)18-10-8-15(9-11-18)12-19-23-20(26-24-19)22(25)13-16-6-4-5-7-17(16)14-22/h4-11,25H,12-14H2,1-3H3. The third-order valence-electron chi connectivity index (χ3n) is 5.13.